The van der Waals surface area contributed by atoms with Crippen molar-refractivity contribution in [2.45, 2.75) is 6.42 Å². The predicted octanol–water partition coefficient (Wildman–Crippen LogP) is 6.20. The fourth-order valence-electron chi connectivity index (χ4n) is 3.63. The van der Waals surface area contributed by atoms with Gasteiger partial charge < -0.3 is 4.42 Å². The molecule has 0 amide bonds. The number of furan rings is 1. The third-order valence-corrected chi connectivity index (χ3v) is 4.92. The van der Waals surface area contributed by atoms with Gasteiger partial charge in [0.15, 0.2) is 0 Å². The van der Waals surface area contributed by atoms with Crippen molar-refractivity contribution < 1.29 is 4.42 Å². The Balaban J connectivity index is 1.62. The standard InChI is InChI=1S/C24H15NO/c25-15-17-7-5-16(6-8-17)13-18-9-11-21-23(14-18)26-22-12-10-19-3-1-2-4-20(19)24(21)22/h1-12,14H,13H2. The highest BCUT2D eigenvalue weighted by molar-refractivity contribution is 6.18. The molecule has 122 valence electrons. The van der Waals surface area contributed by atoms with Crippen LogP contribution in [0.15, 0.2) is 83.3 Å². The highest BCUT2D eigenvalue weighted by Gasteiger charge is 2.11. The van der Waals surface area contributed by atoms with E-state index < -0.39 is 0 Å². The molecular weight excluding hydrogens is 318 g/mol. The van der Waals surface area contributed by atoms with Gasteiger partial charge in [0.25, 0.3) is 0 Å². The molecular formula is C24H15NO. The van der Waals surface area contributed by atoms with Crippen molar-refractivity contribution >= 4 is 32.7 Å². The summed E-state index contributed by atoms with van der Waals surface area (Å²) in [5, 5.41) is 13.7. The number of hydrogen-bond donors (Lipinski definition) is 0. The normalized spacial score (nSPS) is 11.2. The molecule has 1 heterocycles. The Morgan fingerprint density at radius 3 is 2.38 bits per heavy atom. The Labute approximate surface area is 150 Å². The van der Waals surface area contributed by atoms with Crippen LogP contribution in [-0.4, -0.2) is 0 Å². The average Bonchev–Trinajstić information content (AvgIpc) is 3.07. The van der Waals surface area contributed by atoms with Crippen LogP contribution in [0.2, 0.25) is 0 Å². The van der Waals surface area contributed by atoms with Crippen LogP contribution in [0.25, 0.3) is 32.7 Å². The van der Waals surface area contributed by atoms with Gasteiger partial charge in [-0.05, 0) is 52.6 Å². The Morgan fingerprint density at radius 2 is 1.54 bits per heavy atom. The lowest BCUT2D eigenvalue weighted by Crippen LogP contribution is -1.88. The summed E-state index contributed by atoms with van der Waals surface area (Å²) in [6.45, 7) is 0. The molecule has 0 spiro atoms. The first kappa shape index (κ1) is 14.7. The first-order chi connectivity index (χ1) is 12.8. The molecule has 0 bridgehead atoms. The van der Waals surface area contributed by atoms with E-state index in [0.717, 1.165) is 23.0 Å². The maximum atomic E-state index is 8.92. The van der Waals surface area contributed by atoms with Gasteiger partial charge in [-0.1, -0.05) is 54.6 Å². The van der Waals surface area contributed by atoms with Crippen LogP contribution in [0, 0.1) is 11.3 Å². The number of fused-ring (bicyclic) bond motifs is 5. The van der Waals surface area contributed by atoms with Crippen molar-refractivity contribution in [3.05, 3.63) is 95.6 Å². The lowest BCUT2D eigenvalue weighted by molar-refractivity contribution is 0.668. The van der Waals surface area contributed by atoms with E-state index in [1.54, 1.807) is 0 Å². The zero-order chi connectivity index (χ0) is 17.5. The van der Waals surface area contributed by atoms with Gasteiger partial charge in [0.2, 0.25) is 0 Å². The molecule has 0 radical (unpaired) electrons. The van der Waals surface area contributed by atoms with Gasteiger partial charge in [-0.15, -0.1) is 0 Å². The van der Waals surface area contributed by atoms with E-state index in [2.05, 4.69) is 60.7 Å². The van der Waals surface area contributed by atoms with E-state index in [-0.39, 0.29) is 0 Å². The zero-order valence-corrected chi connectivity index (χ0v) is 14.1. The van der Waals surface area contributed by atoms with Crippen molar-refractivity contribution in [3.8, 4) is 6.07 Å². The molecule has 26 heavy (non-hydrogen) atoms. The summed E-state index contributed by atoms with van der Waals surface area (Å²) in [7, 11) is 0. The quantitative estimate of drug-likeness (QED) is 0.385. The average molecular weight is 333 g/mol. The third kappa shape index (κ3) is 2.34. The molecule has 0 aliphatic heterocycles. The number of nitrogens with zero attached hydrogens (tertiary/aromatic N) is 1. The van der Waals surface area contributed by atoms with Crippen LogP contribution in [0.3, 0.4) is 0 Å². The van der Waals surface area contributed by atoms with Gasteiger partial charge in [0.1, 0.15) is 11.2 Å². The van der Waals surface area contributed by atoms with Crippen molar-refractivity contribution in [2.75, 3.05) is 0 Å². The minimum Gasteiger partial charge on any atom is -0.456 e. The summed E-state index contributed by atoms with van der Waals surface area (Å²) in [6, 6.07) is 28.9. The number of nitriles is 1. The molecule has 2 heteroatoms. The minimum absolute atomic E-state index is 0.688. The van der Waals surface area contributed by atoms with Crippen LogP contribution in [-0.2, 0) is 6.42 Å². The summed E-state index contributed by atoms with van der Waals surface area (Å²) >= 11 is 0. The summed E-state index contributed by atoms with van der Waals surface area (Å²) in [6.07, 6.45) is 0.819. The Kier molecular flexibility index (Phi) is 3.26. The van der Waals surface area contributed by atoms with Crippen LogP contribution in [0.4, 0.5) is 0 Å². The van der Waals surface area contributed by atoms with E-state index in [1.807, 2.05) is 24.3 Å². The highest BCUT2D eigenvalue weighted by atomic mass is 16.3. The van der Waals surface area contributed by atoms with Crippen molar-refractivity contribution in [1.29, 1.82) is 5.26 Å². The number of hydrogen-bond acceptors (Lipinski definition) is 2. The predicted molar refractivity (Wildman–Crippen MR) is 105 cm³/mol. The lowest BCUT2D eigenvalue weighted by Gasteiger charge is -2.02. The topological polar surface area (TPSA) is 36.9 Å². The van der Waals surface area contributed by atoms with Crippen LogP contribution >= 0.6 is 0 Å². The van der Waals surface area contributed by atoms with Crippen molar-refractivity contribution in [3.63, 3.8) is 0 Å². The van der Waals surface area contributed by atoms with Crippen molar-refractivity contribution in [2.24, 2.45) is 0 Å². The first-order valence-electron chi connectivity index (χ1n) is 8.64. The fourth-order valence-corrected chi connectivity index (χ4v) is 3.63. The van der Waals surface area contributed by atoms with Crippen LogP contribution < -0.4 is 0 Å². The molecule has 5 rings (SSSR count). The Hall–Kier alpha value is -3.57. The molecule has 4 aromatic carbocycles. The molecule has 2 nitrogen and oxygen atoms in total. The summed E-state index contributed by atoms with van der Waals surface area (Å²) in [5.41, 5.74) is 4.92. The second-order valence-electron chi connectivity index (χ2n) is 6.58. The van der Waals surface area contributed by atoms with E-state index in [4.69, 9.17) is 9.68 Å². The summed E-state index contributed by atoms with van der Waals surface area (Å²) < 4.78 is 6.13. The molecule has 0 atom stereocenters. The van der Waals surface area contributed by atoms with E-state index in [1.165, 1.54) is 27.3 Å². The maximum absolute atomic E-state index is 8.92. The van der Waals surface area contributed by atoms with Crippen molar-refractivity contribution in [1.82, 2.24) is 0 Å². The SMILES string of the molecule is N#Cc1ccc(Cc2ccc3c(c2)oc2ccc4ccccc4c23)cc1. The monoisotopic (exact) mass is 333 g/mol. The van der Waals surface area contributed by atoms with E-state index in [9.17, 15) is 0 Å². The van der Waals surface area contributed by atoms with Gasteiger partial charge in [-0.3, -0.25) is 0 Å². The van der Waals surface area contributed by atoms with Crippen LogP contribution in [0.1, 0.15) is 16.7 Å². The van der Waals surface area contributed by atoms with Gasteiger partial charge >= 0.3 is 0 Å². The largest absolute Gasteiger partial charge is 0.456 e. The second-order valence-corrected chi connectivity index (χ2v) is 6.58. The highest BCUT2D eigenvalue weighted by Crippen LogP contribution is 2.35. The summed E-state index contributed by atoms with van der Waals surface area (Å²) in [5.74, 6) is 0. The van der Waals surface area contributed by atoms with Gasteiger partial charge in [-0.2, -0.15) is 5.26 Å². The number of rotatable bonds is 2. The van der Waals surface area contributed by atoms with Crippen LogP contribution in [0.5, 0.6) is 0 Å². The molecule has 0 fully saturated rings. The molecule has 5 aromatic rings. The van der Waals surface area contributed by atoms with Gasteiger partial charge in [0, 0.05) is 10.8 Å². The second kappa shape index (κ2) is 5.75. The van der Waals surface area contributed by atoms with Gasteiger partial charge in [-0.25, -0.2) is 0 Å². The molecule has 1 aromatic heterocycles. The molecule has 0 aliphatic rings. The zero-order valence-electron chi connectivity index (χ0n) is 14.1. The van der Waals surface area contributed by atoms with E-state index in [0.29, 0.717) is 5.56 Å². The minimum atomic E-state index is 0.688. The maximum Gasteiger partial charge on any atom is 0.136 e. The Morgan fingerprint density at radius 1 is 0.731 bits per heavy atom. The third-order valence-electron chi connectivity index (χ3n) is 4.92. The molecule has 0 aliphatic carbocycles. The first-order valence-corrected chi connectivity index (χ1v) is 8.64. The molecule has 0 unspecified atom stereocenters. The Bertz CT molecular complexity index is 1300. The number of benzene rings is 4. The summed E-state index contributed by atoms with van der Waals surface area (Å²) in [4.78, 5) is 0. The van der Waals surface area contributed by atoms with Gasteiger partial charge in [0.05, 0.1) is 11.6 Å². The smallest absolute Gasteiger partial charge is 0.136 e. The molecule has 0 N–H and O–H groups in total. The molecule has 0 saturated heterocycles. The molecule has 0 saturated carbocycles. The lowest BCUT2D eigenvalue weighted by atomic mass is 10.0. The fraction of sp³-hybridized carbons (Fsp3) is 0.0417. The van der Waals surface area contributed by atoms with E-state index >= 15 is 0 Å².